The van der Waals surface area contributed by atoms with Crippen molar-refractivity contribution >= 4 is 18.3 Å². The van der Waals surface area contributed by atoms with Gasteiger partial charge in [-0.1, -0.05) is 104 Å². The number of anilines is 1. The van der Waals surface area contributed by atoms with Gasteiger partial charge in [0.05, 0.1) is 17.4 Å². The van der Waals surface area contributed by atoms with Crippen LogP contribution in [0.5, 0.6) is 0 Å². The molecule has 1 atom stereocenters. The molecule has 0 fully saturated rings. The average Bonchev–Trinajstić information content (AvgIpc) is 2.82. The largest absolute Gasteiger partial charge is 0.376 e. The number of hydrogen-bond donors (Lipinski definition) is 1. The molecule has 0 bridgehead atoms. The quantitative estimate of drug-likeness (QED) is 0.440. The molecule has 0 aliphatic heterocycles. The number of aromatic nitrogens is 1. The Morgan fingerprint density at radius 2 is 1.52 bits per heavy atom. The molecule has 2 nitrogen and oxygen atoms in total. The van der Waals surface area contributed by atoms with E-state index in [1.807, 2.05) is 42.5 Å². The van der Waals surface area contributed by atoms with Crippen LogP contribution in [0.1, 0.15) is 17.3 Å². The molecule has 0 amide bonds. The summed E-state index contributed by atoms with van der Waals surface area (Å²) < 4.78 is 0. The number of allylic oxidation sites excluding steroid dienone is 1. The summed E-state index contributed by atoms with van der Waals surface area (Å²) in [5.74, 6) is 0. The summed E-state index contributed by atoms with van der Waals surface area (Å²) in [6, 6.07) is 33.2. The van der Waals surface area contributed by atoms with E-state index < -0.39 is 0 Å². The molecule has 31 heavy (non-hydrogen) atoms. The van der Waals surface area contributed by atoms with Crippen molar-refractivity contribution in [1.29, 1.82) is 0 Å². The van der Waals surface area contributed by atoms with Crippen molar-refractivity contribution in [2.45, 2.75) is 12.5 Å². The van der Waals surface area contributed by atoms with Crippen molar-refractivity contribution in [3.05, 3.63) is 131 Å². The molecule has 2 heteroatoms. The highest BCUT2D eigenvalue weighted by molar-refractivity contribution is 5.59. The van der Waals surface area contributed by atoms with Gasteiger partial charge in [0, 0.05) is 16.5 Å². The van der Waals surface area contributed by atoms with Gasteiger partial charge >= 0.3 is 0 Å². The number of rotatable bonds is 7. The zero-order valence-corrected chi connectivity index (χ0v) is 17.5. The van der Waals surface area contributed by atoms with Crippen LogP contribution in [0, 0.1) is 0 Å². The van der Waals surface area contributed by atoms with Crippen LogP contribution >= 0.6 is 0 Å². The van der Waals surface area contributed by atoms with E-state index in [9.17, 15) is 0 Å². The highest BCUT2D eigenvalue weighted by Crippen LogP contribution is 2.24. The SMILES string of the molecule is C=C/C=c1/c(NC(Cc2ccccc2)c2cccc(-c3ccccc3)n2)cccc1=C. The van der Waals surface area contributed by atoms with Crippen LogP contribution in [0.2, 0.25) is 0 Å². The minimum Gasteiger partial charge on any atom is -0.376 e. The van der Waals surface area contributed by atoms with Gasteiger partial charge in [0.25, 0.3) is 0 Å². The second kappa shape index (κ2) is 9.73. The standard InChI is InChI=1S/C29H26N2/c1-3-12-25-22(2)13-10-19-27(25)31-29(21-23-14-6-4-7-15-23)28-20-11-18-26(30-28)24-16-8-5-9-17-24/h3-20,29,31H,1-2,21H2/b25-12+. The predicted molar refractivity (Wildman–Crippen MR) is 132 cm³/mol. The zero-order chi connectivity index (χ0) is 21.5. The molecule has 4 rings (SSSR count). The lowest BCUT2D eigenvalue weighted by molar-refractivity contribution is 0.746. The van der Waals surface area contributed by atoms with Gasteiger partial charge in [-0.25, -0.2) is 0 Å². The fourth-order valence-corrected chi connectivity index (χ4v) is 3.74. The van der Waals surface area contributed by atoms with Crippen LogP contribution in [0.25, 0.3) is 23.9 Å². The first-order valence-corrected chi connectivity index (χ1v) is 10.5. The Morgan fingerprint density at radius 3 is 2.26 bits per heavy atom. The van der Waals surface area contributed by atoms with E-state index in [-0.39, 0.29) is 6.04 Å². The first-order chi connectivity index (χ1) is 15.2. The van der Waals surface area contributed by atoms with Gasteiger partial charge in [-0.2, -0.15) is 0 Å². The lowest BCUT2D eigenvalue weighted by atomic mass is 10.0. The second-order valence-electron chi connectivity index (χ2n) is 7.48. The van der Waals surface area contributed by atoms with Crippen LogP contribution < -0.4 is 15.8 Å². The average molecular weight is 403 g/mol. The van der Waals surface area contributed by atoms with Gasteiger partial charge in [0.2, 0.25) is 0 Å². The van der Waals surface area contributed by atoms with Gasteiger partial charge in [0.1, 0.15) is 0 Å². The molecule has 1 heterocycles. The summed E-state index contributed by atoms with van der Waals surface area (Å²) in [6.07, 6.45) is 4.62. The van der Waals surface area contributed by atoms with Gasteiger partial charge in [-0.05, 0) is 35.4 Å². The van der Waals surface area contributed by atoms with Crippen LogP contribution in [-0.4, -0.2) is 4.98 Å². The Bertz CT molecular complexity index is 1260. The van der Waals surface area contributed by atoms with E-state index in [4.69, 9.17) is 4.98 Å². The van der Waals surface area contributed by atoms with Crippen molar-refractivity contribution < 1.29 is 0 Å². The number of nitrogens with one attached hydrogen (secondary N) is 1. The maximum atomic E-state index is 5.03. The molecule has 0 saturated carbocycles. The normalized spacial score (nSPS) is 12.3. The fraction of sp³-hybridized carbons (Fsp3) is 0.0690. The Morgan fingerprint density at radius 1 is 0.806 bits per heavy atom. The first-order valence-electron chi connectivity index (χ1n) is 10.5. The number of nitrogens with zero attached hydrogens (tertiary/aromatic N) is 1. The third-order valence-electron chi connectivity index (χ3n) is 5.29. The number of pyridine rings is 1. The molecular formula is C29H26N2. The van der Waals surface area contributed by atoms with Crippen molar-refractivity contribution in [3.63, 3.8) is 0 Å². The number of hydrogen-bond acceptors (Lipinski definition) is 2. The highest BCUT2D eigenvalue weighted by atomic mass is 14.9. The maximum absolute atomic E-state index is 5.03. The topological polar surface area (TPSA) is 24.9 Å². The second-order valence-corrected chi connectivity index (χ2v) is 7.48. The van der Waals surface area contributed by atoms with Crippen LogP contribution in [0.3, 0.4) is 0 Å². The van der Waals surface area contributed by atoms with Crippen LogP contribution in [0.15, 0.2) is 110 Å². The van der Waals surface area contributed by atoms with Crippen molar-refractivity contribution in [2.75, 3.05) is 5.32 Å². The van der Waals surface area contributed by atoms with Gasteiger partial charge < -0.3 is 5.32 Å². The third kappa shape index (κ3) is 4.99. The highest BCUT2D eigenvalue weighted by Gasteiger charge is 2.15. The molecule has 0 radical (unpaired) electrons. The van der Waals surface area contributed by atoms with Gasteiger partial charge in [-0.3, -0.25) is 4.98 Å². The van der Waals surface area contributed by atoms with Crippen molar-refractivity contribution in [2.24, 2.45) is 0 Å². The lowest BCUT2D eigenvalue weighted by Crippen LogP contribution is -2.28. The summed E-state index contributed by atoms with van der Waals surface area (Å²) in [5.41, 5.74) is 5.38. The molecule has 0 spiro atoms. The summed E-state index contributed by atoms with van der Waals surface area (Å²) in [6.45, 7) is 8.05. The lowest BCUT2D eigenvalue weighted by Gasteiger charge is -2.21. The smallest absolute Gasteiger partial charge is 0.0725 e. The molecule has 152 valence electrons. The minimum absolute atomic E-state index is 0.00447. The maximum Gasteiger partial charge on any atom is 0.0725 e. The van der Waals surface area contributed by atoms with Crippen molar-refractivity contribution in [1.82, 2.24) is 4.98 Å². The van der Waals surface area contributed by atoms with Crippen LogP contribution in [0.4, 0.5) is 5.69 Å². The molecule has 1 N–H and O–H groups in total. The van der Waals surface area contributed by atoms with E-state index in [2.05, 4.69) is 79.1 Å². The summed E-state index contributed by atoms with van der Waals surface area (Å²) in [5, 5.41) is 5.75. The fourth-order valence-electron chi connectivity index (χ4n) is 3.74. The Labute approximate surface area is 183 Å². The molecule has 1 unspecified atom stereocenters. The molecule has 0 aliphatic carbocycles. The minimum atomic E-state index is 0.00447. The zero-order valence-electron chi connectivity index (χ0n) is 17.5. The van der Waals surface area contributed by atoms with Crippen molar-refractivity contribution in [3.8, 4) is 11.3 Å². The van der Waals surface area contributed by atoms with E-state index in [1.54, 1.807) is 6.08 Å². The molecular weight excluding hydrogens is 376 g/mol. The van der Waals surface area contributed by atoms with E-state index in [0.29, 0.717) is 0 Å². The van der Waals surface area contributed by atoms with Gasteiger partial charge in [0.15, 0.2) is 0 Å². The molecule has 0 aliphatic rings. The monoisotopic (exact) mass is 402 g/mol. The Kier molecular flexibility index (Phi) is 6.39. The molecule has 1 aromatic heterocycles. The number of benzene rings is 3. The summed E-state index contributed by atoms with van der Waals surface area (Å²) in [4.78, 5) is 5.03. The Balaban J connectivity index is 1.76. The van der Waals surface area contributed by atoms with E-state index in [1.165, 1.54) is 5.56 Å². The summed E-state index contributed by atoms with van der Waals surface area (Å²) >= 11 is 0. The van der Waals surface area contributed by atoms with E-state index in [0.717, 1.165) is 39.5 Å². The molecule has 4 aromatic rings. The molecule has 3 aromatic carbocycles. The Hall–Kier alpha value is -3.91. The molecule has 0 saturated heterocycles. The third-order valence-corrected chi connectivity index (χ3v) is 5.29. The van der Waals surface area contributed by atoms with E-state index >= 15 is 0 Å². The predicted octanol–water partition coefficient (Wildman–Crippen LogP) is 5.52. The van der Waals surface area contributed by atoms with Gasteiger partial charge in [-0.15, -0.1) is 0 Å². The summed E-state index contributed by atoms with van der Waals surface area (Å²) in [7, 11) is 0. The van der Waals surface area contributed by atoms with Crippen LogP contribution in [-0.2, 0) is 6.42 Å². The first kappa shape index (κ1) is 20.4.